The molecule has 152 valence electrons. The molecule has 3 heterocycles. The van der Waals surface area contributed by atoms with Crippen molar-refractivity contribution in [2.75, 3.05) is 30.8 Å². The first-order chi connectivity index (χ1) is 14.2. The highest BCUT2D eigenvalue weighted by molar-refractivity contribution is 7.98. The number of nitrogens with one attached hydrogen (secondary N) is 1. The van der Waals surface area contributed by atoms with Gasteiger partial charge in [-0.3, -0.25) is 9.36 Å². The van der Waals surface area contributed by atoms with Crippen LogP contribution in [0.5, 0.6) is 0 Å². The van der Waals surface area contributed by atoms with E-state index in [4.69, 9.17) is 0 Å². The van der Waals surface area contributed by atoms with Gasteiger partial charge in [-0.25, -0.2) is 0 Å². The Labute approximate surface area is 179 Å². The lowest BCUT2D eigenvalue weighted by Crippen LogP contribution is -2.43. The van der Waals surface area contributed by atoms with Gasteiger partial charge in [-0.05, 0) is 55.3 Å². The van der Waals surface area contributed by atoms with Crippen LogP contribution in [0, 0.1) is 5.92 Å². The van der Waals surface area contributed by atoms with Gasteiger partial charge in [0.1, 0.15) is 0 Å². The third-order valence-electron chi connectivity index (χ3n) is 5.16. The summed E-state index contributed by atoms with van der Waals surface area (Å²) in [6.07, 6.45) is 8.77. The lowest BCUT2D eigenvalue weighted by atomic mass is 9.97. The number of thioether (sulfide) groups is 1. The van der Waals surface area contributed by atoms with Crippen molar-refractivity contribution in [1.29, 1.82) is 0 Å². The van der Waals surface area contributed by atoms with E-state index < -0.39 is 0 Å². The molecular formula is C21H25N5OS2. The van der Waals surface area contributed by atoms with Crippen LogP contribution in [-0.2, 0) is 11.2 Å². The molecule has 0 radical (unpaired) electrons. The highest BCUT2D eigenvalue weighted by Gasteiger charge is 2.27. The molecule has 1 atom stereocenters. The minimum Gasteiger partial charge on any atom is -0.355 e. The number of rotatable bonds is 7. The Hall–Kier alpha value is -2.32. The molecule has 3 aromatic rings. The van der Waals surface area contributed by atoms with Crippen molar-refractivity contribution < 1.29 is 4.79 Å². The van der Waals surface area contributed by atoms with E-state index in [-0.39, 0.29) is 11.8 Å². The molecule has 0 aliphatic carbocycles. The molecule has 1 amide bonds. The van der Waals surface area contributed by atoms with Crippen LogP contribution in [0.25, 0.3) is 5.13 Å². The summed E-state index contributed by atoms with van der Waals surface area (Å²) in [5.41, 5.74) is 1.25. The van der Waals surface area contributed by atoms with Crippen LogP contribution in [0.2, 0.25) is 0 Å². The van der Waals surface area contributed by atoms with Crippen LogP contribution in [-0.4, -0.2) is 46.6 Å². The van der Waals surface area contributed by atoms with E-state index >= 15 is 0 Å². The first-order valence-electron chi connectivity index (χ1n) is 9.85. The number of carbonyl (C=O) groups excluding carboxylic acids is 1. The van der Waals surface area contributed by atoms with Gasteiger partial charge in [-0.1, -0.05) is 23.5 Å². The summed E-state index contributed by atoms with van der Waals surface area (Å²) in [6.45, 7) is 2.30. The van der Waals surface area contributed by atoms with Gasteiger partial charge in [-0.15, -0.1) is 22.0 Å². The van der Waals surface area contributed by atoms with E-state index in [1.807, 2.05) is 29.1 Å². The minimum atomic E-state index is 0.00143. The zero-order chi connectivity index (χ0) is 20.1. The highest BCUT2D eigenvalue weighted by atomic mass is 32.2. The van der Waals surface area contributed by atoms with Gasteiger partial charge < -0.3 is 10.2 Å². The van der Waals surface area contributed by atoms with E-state index in [9.17, 15) is 4.79 Å². The molecule has 0 saturated carbocycles. The first-order valence-corrected chi connectivity index (χ1v) is 11.9. The Morgan fingerprint density at radius 1 is 1.21 bits per heavy atom. The Morgan fingerprint density at radius 2 is 1.97 bits per heavy atom. The molecule has 1 aliphatic heterocycles. The fourth-order valence-corrected chi connectivity index (χ4v) is 4.79. The topological polar surface area (TPSA) is 63.1 Å². The summed E-state index contributed by atoms with van der Waals surface area (Å²) in [6, 6.07) is 12.5. The van der Waals surface area contributed by atoms with E-state index in [1.54, 1.807) is 23.1 Å². The van der Waals surface area contributed by atoms with Gasteiger partial charge in [0.25, 0.3) is 0 Å². The maximum absolute atomic E-state index is 12.7. The number of amides is 1. The quantitative estimate of drug-likeness (QED) is 0.584. The fourth-order valence-electron chi connectivity index (χ4n) is 3.53. The second-order valence-corrected chi connectivity index (χ2v) is 8.95. The molecular weight excluding hydrogens is 402 g/mol. The van der Waals surface area contributed by atoms with Crippen molar-refractivity contribution in [3.05, 3.63) is 54.4 Å². The minimum absolute atomic E-state index is 0.00143. The van der Waals surface area contributed by atoms with Crippen molar-refractivity contribution in [3.8, 4) is 5.13 Å². The highest BCUT2D eigenvalue weighted by Crippen LogP contribution is 2.28. The fraction of sp³-hybridized carbons (Fsp3) is 0.381. The lowest BCUT2D eigenvalue weighted by molar-refractivity contribution is -0.125. The standard InChI is InChI=1S/C21H25N5OS2/c1-28-18-8-6-16(7-9-18)10-11-22-19(27)17-5-4-14-26(15-17)21-24-23-20(29-21)25-12-2-3-13-25/h2-3,6-9,12-13,17H,4-5,10-11,14-15H2,1H3,(H,22,27)/t17-/m1/s1. The molecule has 4 rings (SSSR count). The number of aromatic nitrogens is 3. The summed E-state index contributed by atoms with van der Waals surface area (Å²) >= 11 is 3.30. The van der Waals surface area contributed by atoms with Gasteiger partial charge in [0, 0.05) is 36.9 Å². The molecule has 1 fully saturated rings. The van der Waals surface area contributed by atoms with Crippen LogP contribution >= 0.6 is 23.1 Å². The number of anilines is 1. The van der Waals surface area contributed by atoms with Crippen molar-refractivity contribution in [3.63, 3.8) is 0 Å². The predicted molar refractivity (Wildman–Crippen MR) is 119 cm³/mol. The molecule has 0 bridgehead atoms. The lowest BCUT2D eigenvalue weighted by Gasteiger charge is -2.31. The van der Waals surface area contributed by atoms with Crippen LogP contribution in [0.3, 0.4) is 0 Å². The molecule has 1 aromatic carbocycles. The Bertz CT molecular complexity index is 923. The summed E-state index contributed by atoms with van der Waals surface area (Å²) < 4.78 is 1.96. The van der Waals surface area contributed by atoms with Gasteiger partial charge in [0.2, 0.25) is 16.2 Å². The summed E-state index contributed by atoms with van der Waals surface area (Å²) in [5, 5.41) is 13.5. The van der Waals surface area contributed by atoms with E-state index in [0.29, 0.717) is 13.1 Å². The van der Waals surface area contributed by atoms with Crippen LogP contribution in [0.1, 0.15) is 18.4 Å². The SMILES string of the molecule is CSc1ccc(CCNC(=O)[C@@H]2CCCN(c3nnc(-n4cccc4)s3)C2)cc1. The van der Waals surface area contributed by atoms with Crippen molar-refractivity contribution in [1.82, 2.24) is 20.1 Å². The average Bonchev–Trinajstić information content (AvgIpc) is 3.46. The van der Waals surface area contributed by atoms with E-state index in [1.165, 1.54) is 10.5 Å². The maximum atomic E-state index is 12.7. The number of piperidine rings is 1. The molecule has 0 unspecified atom stereocenters. The van der Waals surface area contributed by atoms with E-state index in [0.717, 1.165) is 36.1 Å². The third kappa shape index (κ3) is 5.00. The second-order valence-electron chi connectivity index (χ2n) is 7.13. The molecule has 0 spiro atoms. The third-order valence-corrected chi connectivity index (χ3v) is 6.90. The Kier molecular flexibility index (Phi) is 6.51. The van der Waals surface area contributed by atoms with E-state index in [2.05, 4.69) is 50.9 Å². The van der Waals surface area contributed by atoms with Gasteiger partial charge in [-0.2, -0.15) is 0 Å². The second kappa shape index (κ2) is 9.45. The maximum Gasteiger partial charge on any atom is 0.224 e. The number of carbonyl (C=O) groups is 1. The molecule has 8 heteroatoms. The summed E-state index contributed by atoms with van der Waals surface area (Å²) in [5.74, 6) is 0.145. The molecule has 1 saturated heterocycles. The number of hydrogen-bond acceptors (Lipinski definition) is 6. The monoisotopic (exact) mass is 427 g/mol. The van der Waals surface area contributed by atoms with Crippen LogP contribution in [0.15, 0.2) is 53.7 Å². The Morgan fingerprint density at radius 3 is 2.72 bits per heavy atom. The van der Waals surface area contributed by atoms with Crippen molar-refractivity contribution in [2.45, 2.75) is 24.2 Å². The summed E-state index contributed by atoms with van der Waals surface area (Å²) in [7, 11) is 0. The molecule has 1 aliphatic rings. The molecule has 29 heavy (non-hydrogen) atoms. The smallest absolute Gasteiger partial charge is 0.224 e. The number of benzene rings is 1. The zero-order valence-electron chi connectivity index (χ0n) is 16.5. The van der Waals surface area contributed by atoms with Crippen LogP contribution in [0.4, 0.5) is 5.13 Å². The first kappa shape index (κ1) is 20.0. The number of nitrogens with zero attached hydrogens (tertiary/aromatic N) is 4. The normalized spacial score (nSPS) is 16.7. The van der Waals surface area contributed by atoms with Gasteiger partial charge in [0.05, 0.1) is 5.92 Å². The summed E-state index contributed by atoms with van der Waals surface area (Å²) in [4.78, 5) is 16.1. The van der Waals surface area contributed by atoms with Gasteiger partial charge >= 0.3 is 0 Å². The average molecular weight is 428 g/mol. The van der Waals surface area contributed by atoms with Gasteiger partial charge in [0.15, 0.2) is 0 Å². The van der Waals surface area contributed by atoms with Crippen molar-refractivity contribution >= 4 is 34.1 Å². The molecule has 2 aromatic heterocycles. The Balaban J connectivity index is 1.29. The van der Waals surface area contributed by atoms with Crippen molar-refractivity contribution in [2.24, 2.45) is 5.92 Å². The predicted octanol–water partition coefficient (Wildman–Crippen LogP) is 3.63. The largest absolute Gasteiger partial charge is 0.355 e. The van der Waals surface area contributed by atoms with Crippen LogP contribution < -0.4 is 10.2 Å². The zero-order valence-corrected chi connectivity index (χ0v) is 18.1. The molecule has 1 N–H and O–H groups in total. The number of hydrogen-bond donors (Lipinski definition) is 1. The molecule has 6 nitrogen and oxygen atoms in total.